The molecule has 0 saturated heterocycles. The van der Waals surface area contributed by atoms with Gasteiger partial charge in [-0.1, -0.05) is 30.3 Å². The molecular weight excluding hydrogens is 422 g/mol. The number of quaternary nitrogens is 1. The minimum atomic E-state index is -0.156. The zero-order valence-electron chi connectivity index (χ0n) is 16.9. The van der Waals surface area contributed by atoms with Crippen LogP contribution in [-0.4, -0.2) is 13.1 Å². The number of thiophene rings is 2. The summed E-state index contributed by atoms with van der Waals surface area (Å²) in [6, 6.07) is 17.1. The smallest absolute Gasteiger partial charge is 0.205 e. The molecule has 3 aromatic rings. The molecule has 154 valence electrons. The summed E-state index contributed by atoms with van der Waals surface area (Å²) in [6.07, 6.45) is 2.20. The Morgan fingerprint density at radius 1 is 1.10 bits per heavy atom. The van der Waals surface area contributed by atoms with Gasteiger partial charge in [-0.2, -0.15) is 27.9 Å². The summed E-state index contributed by atoms with van der Waals surface area (Å²) >= 11 is 3.32. The molecule has 2 aromatic heterocycles. The third kappa shape index (κ3) is 3.96. The van der Waals surface area contributed by atoms with E-state index < -0.39 is 0 Å². The minimum Gasteiger partial charge on any atom is -0.440 e. The van der Waals surface area contributed by atoms with Gasteiger partial charge in [-0.3, -0.25) is 0 Å². The van der Waals surface area contributed by atoms with Gasteiger partial charge in [-0.15, -0.1) is 0 Å². The van der Waals surface area contributed by atoms with Gasteiger partial charge in [-0.05, 0) is 50.9 Å². The highest BCUT2D eigenvalue weighted by Crippen LogP contribution is 2.42. The van der Waals surface area contributed by atoms with Crippen molar-refractivity contribution in [1.29, 1.82) is 5.26 Å². The maximum absolute atomic E-state index is 9.89. The van der Waals surface area contributed by atoms with E-state index in [1.807, 2.05) is 6.07 Å². The molecule has 2 atom stereocenters. The molecule has 0 aliphatic carbocycles. The Kier molecular flexibility index (Phi) is 5.47. The first-order chi connectivity index (χ1) is 15.2. The van der Waals surface area contributed by atoms with E-state index in [1.54, 1.807) is 22.7 Å². The first kappa shape index (κ1) is 19.8. The molecule has 3 N–H and O–H groups in total. The van der Waals surface area contributed by atoms with Crippen LogP contribution in [0.25, 0.3) is 6.08 Å². The quantitative estimate of drug-likeness (QED) is 0.638. The van der Waals surface area contributed by atoms with Gasteiger partial charge in [0.05, 0.1) is 5.92 Å². The van der Waals surface area contributed by atoms with Crippen molar-refractivity contribution in [2.24, 2.45) is 5.73 Å². The van der Waals surface area contributed by atoms with E-state index in [0.29, 0.717) is 5.57 Å². The first-order valence-corrected chi connectivity index (χ1v) is 12.0. The average Bonchev–Trinajstić information content (AvgIpc) is 3.48. The second-order valence-electron chi connectivity index (χ2n) is 7.83. The predicted octanol–water partition coefficient (Wildman–Crippen LogP) is 4.05. The molecule has 4 nitrogen and oxygen atoms in total. The van der Waals surface area contributed by atoms with Gasteiger partial charge >= 0.3 is 0 Å². The van der Waals surface area contributed by atoms with E-state index in [-0.39, 0.29) is 11.8 Å². The van der Waals surface area contributed by atoms with Crippen LogP contribution >= 0.6 is 22.7 Å². The molecule has 2 aliphatic rings. The van der Waals surface area contributed by atoms with Crippen molar-refractivity contribution in [2.75, 3.05) is 13.1 Å². The Morgan fingerprint density at radius 2 is 1.90 bits per heavy atom. The second-order valence-corrected chi connectivity index (χ2v) is 9.39. The lowest BCUT2D eigenvalue weighted by molar-refractivity contribution is -0.906. The molecule has 0 amide bonds. The van der Waals surface area contributed by atoms with Crippen LogP contribution in [0.1, 0.15) is 22.6 Å². The van der Waals surface area contributed by atoms with Crippen molar-refractivity contribution in [3.05, 3.63) is 109 Å². The molecule has 0 bridgehead atoms. The lowest BCUT2D eigenvalue weighted by atomic mass is 9.81. The van der Waals surface area contributed by atoms with E-state index >= 15 is 0 Å². The number of ether oxygens (including phenoxy) is 1. The van der Waals surface area contributed by atoms with Crippen LogP contribution in [0.4, 0.5) is 0 Å². The van der Waals surface area contributed by atoms with Crippen LogP contribution in [0, 0.1) is 11.3 Å². The molecular formula is C25H22N3OS2+. The molecule has 1 aromatic carbocycles. The Labute approximate surface area is 189 Å². The maximum atomic E-state index is 9.89. The van der Waals surface area contributed by atoms with E-state index in [4.69, 9.17) is 10.5 Å². The maximum Gasteiger partial charge on any atom is 0.205 e. The number of benzene rings is 1. The fourth-order valence-electron chi connectivity index (χ4n) is 4.42. The summed E-state index contributed by atoms with van der Waals surface area (Å²) in [6.45, 7) is 2.56. The van der Waals surface area contributed by atoms with Crippen molar-refractivity contribution >= 4 is 28.7 Å². The normalized spacial score (nSPS) is 22.2. The van der Waals surface area contributed by atoms with Crippen molar-refractivity contribution in [1.82, 2.24) is 0 Å². The molecule has 0 saturated carbocycles. The molecule has 0 fully saturated rings. The van der Waals surface area contributed by atoms with Gasteiger partial charge in [0.15, 0.2) is 0 Å². The van der Waals surface area contributed by atoms with Crippen molar-refractivity contribution < 1.29 is 9.64 Å². The monoisotopic (exact) mass is 444 g/mol. The third-order valence-electron chi connectivity index (χ3n) is 5.76. The number of rotatable bonds is 4. The zero-order chi connectivity index (χ0) is 21.2. The van der Waals surface area contributed by atoms with Crippen molar-refractivity contribution in [3.63, 3.8) is 0 Å². The molecule has 6 heteroatoms. The van der Waals surface area contributed by atoms with Gasteiger partial charge in [-0.25, -0.2) is 0 Å². The summed E-state index contributed by atoms with van der Waals surface area (Å²) in [4.78, 5) is 1.42. The van der Waals surface area contributed by atoms with Gasteiger partial charge in [0.1, 0.15) is 37.0 Å². The zero-order valence-corrected chi connectivity index (χ0v) is 18.5. The van der Waals surface area contributed by atoms with E-state index in [0.717, 1.165) is 47.7 Å². The average molecular weight is 445 g/mol. The van der Waals surface area contributed by atoms with Crippen LogP contribution in [0.15, 0.2) is 92.3 Å². The fourth-order valence-corrected chi connectivity index (χ4v) is 5.73. The first-order valence-electron chi connectivity index (χ1n) is 10.2. The lowest BCUT2D eigenvalue weighted by Crippen LogP contribution is -3.12. The number of allylic oxidation sites excluding steroid dienone is 1. The molecule has 4 heterocycles. The van der Waals surface area contributed by atoms with Gasteiger partial charge in [0.2, 0.25) is 5.88 Å². The summed E-state index contributed by atoms with van der Waals surface area (Å²) in [7, 11) is 0. The van der Waals surface area contributed by atoms with Gasteiger partial charge in [0.25, 0.3) is 0 Å². The summed E-state index contributed by atoms with van der Waals surface area (Å²) < 4.78 is 6.12. The highest BCUT2D eigenvalue weighted by atomic mass is 32.1. The molecule has 0 spiro atoms. The Balaban J connectivity index is 1.60. The number of nitrogens with zero attached hydrogens (tertiary/aromatic N) is 1. The Hall–Kier alpha value is -3.11. The number of hydrogen-bond donors (Lipinski definition) is 2. The van der Waals surface area contributed by atoms with Crippen LogP contribution in [0.3, 0.4) is 0 Å². The van der Waals surface area contributed by atoms with Crippen LogP contribution in [0.2, 0.25) is 0 Å². The van der Waals surface area contributed by atoms with Crippen molar-refractivity contribution in [2.45, 2.75) is 12.5 Å². The molecule has 0 radical (unpaired) electrons. The molecule has 1 unspecified atom stereocenters. The van der Waals surface area contributed by atoms with Crippen LogP contribution < -0.4 is 10.6 Å². The topological polar surface area (TPSA) is 63.5 Å². The van der Waals surface area contributed by atoms with E-state index in [2.05, 4.69) is 70.1 Å². The SMILES string of the molecule is N#CC1=C(N)OC2=C(C[NH+](Cc3ccccc3)C/C2=C/c2ccsc2)[C@@H]1c1ccsc1. The standard InChI is InChI=1S/C25H21N3OS2/c26-11-21-23(19-7-9-31-16-19)22-14-28(12-17-4-2-1-3-5-17)13-20(24(22)29-25(21)27)10-18-6-8-30-15-18/h1-10,15-16,23H,12-14,27H2/p+1/b20-10-/t23-/m1/s1. The molecule has 2 aliphatic heterocycles. The van der Waals surface area contributed by atoms with Gasteiger partial charge < -0.3 is 15.4 Å². The van der Waals surface area contributed by atoms with Crippen LogP contribution in [-0.2, 0) is 11.3 Å². The summed E-state index contributed by atoms with van der Waals surface area (Å²) in [5, 5.41) is 18.3. The second kappa shape index (κ2) is 8.56. The van der Waals surface area contributed by atoms with Crippen molar-refractivity contribution in [3.8, 4) is 6.07 Å². The Bertz CT molecular complexity index is 1200. The molecule has 31 heavy (non-hydrogen) atoms. The fraction of sp³-hybridized carbons (Fsp3) is 0.160. The number of hydrogen-bond acceptors (Lipinski definition) is 5. The summed E-state index contributed by atoms with van der Waals surface area (Å²) in [5.41, 5.74) is 12.6. The van der Waals surface area contributed by atoms with Crippen LogP contribution in [0.5, 0.6) is 0 Å². The van der Waals surface area contributed by atoms with E-state index in [1.165, 1.54) is 10.5 Å². The highest BCUT2D eigenvalue weighted by molar-refractivity contribution is 7.08. The van der Waals surface area contributed by atoms with Gasteiger partial charge in [0, 0.05) is 16.7 Å². The highest BCUT2D eigenvalue weighted by Gasteiger charge is 2.39. The Morgan fingerprint density at radius 3 is 2.61 bits per heavy atom. The van der Waals surface area contributed by atoms with E-state index in [9.17, 15) is 5.26 Å². The largest absolute Gasteiger partial charge is 0.440 e. The lowest BCUT2D eigenvalue weighted by Gasteiger charge is -2.36. The number of nitriles is 1. The predicted molar refractivity (Wildman–Crippen MR) is 125 cm³/mol. The third-order valence-corrected chi connectivity index (χ3v) is 7.16. The number of nitrogens with two attached hydrogens (primary N) is 1. The number of nitrogens with one attached hydrogen (secondary N) is 1. The molecule has 5 rings (SSSR count). The summed E-state index contributed by atoms with van der Waals surface area (Å²) in [5.74, 6) is 0.910. The minimum absolute atomic E-state index is 0.156.